The monoisotopic (exact) mass is 208 g/mol. The summed E-state index contributed by atoms with van der Waals surface area (Å²) in [4.78, 5) is 12.1. The van der Waals surface area contributed by atoms with Gasteiger partial charge < -0.3 is 5.73 Å². The fourth-order valence-corrected chi connectivity index (χ4v) is 1.57. The van der Waals surface area contributed by atoms with Crippen LogP contribution >= 0.6 is 11.8 Å². The molecule has 0 atom stereocenters. The molecule has 0 amide bonds. The van der Waals surface area contributed by atoms with Crippen LogP contribution < -0.4 is 5.73 Å². The topological polar surface area (TPSA) is 82.5 Å². The highest BCUT2D eigenvalue weighted by Crippen LogP contribution is 2.21. The molecule has 2 aromatic heterocycles. The highest BCUT2D eigenvalue weighted by molar-refractivity contribution is 7.99. The Balaban J connectivity index is 2.23. The smallest absolute Gasteiger partial charge is 0.197 e. The third-order valence-electron chi connectivity index (χ3n) is 1.51. The molecule has 7 heteroatoms. The van der Waals surface area contributed by atoms with Crippen LogP contribution in [0.5, 0.6) is 0 Å². The van der Waals surface area contributed by atoms with Gasteiger partial charge in [-0.3, -0.25) is 0 Å². The molecular weight excluding hydrogens is 200 g/mol. The van der Waals surface area contributed by atoms with E-state index in [0.717, 1.165) is 5.16 Å². The molecule has 0 radical (unpaired) electrons. The minimum Gasteiger partial charge on any atom is -0.384 e. The molecule has 2 N–H and O–H groups in total. The van der Waals surface area contributed by atoms with Crippen molar-refractivity contribution in [1.29, 1.82) is 0 Å². The zero-order valence-electron chi connectivity index (χ0n) is 7.45. The number of nitrogen functional groups attached to an aromatic ring is 1. The van der Waals surface area contributed by atoms with E-state index >= 15 is 0 Å². The van der Waals surface area contributed by atoms with Crippen molar-refractivity contribution in [2.45, 2.75) is 10.3 Å². The minimum atomic E-state index is 0.449. The van der Waals surface area contributed by atoms with Gasteiger partial charge in [-0.15, -0.1) is 0 Å². The highest BCUT2D eigenvalue weighted by Gasteiger charge is 2.05. The molecule has 0 unspecified atom stereocenters. The molecular formula is C7H8N6S. The molecule has 0 fully saturated rings. The Morgan fingerprint density at radius 1 is 1.43 bits per heavy atom. The van der Waals surface area contributed by atoms with Crippen molar-refractivity contribution in [2.24, 2.45) is 7.05 Å². The number of nitrogens with two attached hydrogens (primary N) is 1. The molecule has 2 rings (SSSR count). The second kappa shape index (κ2) is 3.62. The summed E-state index contributed by atoms with van der Waals surface area (Å²) in [5, 5.41) is 5.24. The number of aryl methyl sites for hydroxylation is 1. The first-order chi connectivity index (χ1) is 6.75. The maximum Gasteiger partial charge on any atom is 0.197 e. The van der Waals surface area contributed by atoms with E-state index in [-0.39, 0.29) is 0 Å². The summed E-state index contributed by atoms with van der Waals surface area (Å²) in [6, 6.07) is 1.64. The second-order valence-corrected chi connectivity index (χ2v) is 3.47. The predicted octanol–water partition coefficient (Wildman–Crippen LogP) is 0.338. The molecule has 6 nitrogen and oxygen atoms in total. The zero-order chi connectivity index (χ0) is 9.97. The van der Waals surface area contributed by atoms with Gasteiger partial charge in [-0.1, -0.05) is 0 Å². The Morgan fingerprint density at radius 3 is 2.93 bits per heavy atom. The van der Waals surface area contributed by atoms with Crippen LogP contribution in [-0.4, -0.2) is 24.7 Å². The summed E-state index contributed by atoms with van der Waals surface area (Å²) in [6.07, 6.45) is 3.09. The Hall–Kier alpha value is -1.63. The number of anilines is 1. The Kier molecular flexibility index (Phi) is 2.32. The predicted molar refractivity (Wildman–Crippen MR) is 51.6 cm³/mol. The Bertz CT molecular complexity index is 439. The van der Waals surface area contributed by atoms with Crippen LogP contribution in [0.4, 0.5) is 5.82 Å². The molecule has 0 spiro atoms. The lowest BCUT2D eigenvalue weighted by Crippen LogP contribution is -1.96. The van der Waals surface area contributed by atoms with Gasteiger partial charge in [0.15, 0.2) is 10.3 Å². The van der Waals surface area contributed by atoms with Crippen LogP contribution in [-0.2, 0) is 7.05 Å². The van der Waals surface area contributed by atoms with Gasteiger partial charge in [0, 0.05) is 13.2 Å². The van der Waals surface area contributed by atoms with Crippen molar-refractivity contribution >= 4 is 17.6 Å². The average molecular weight is 208 g/mol. The van der Waals surface area contributed by atoms with Gasteiger partial charge in [0.1, 0.15) is 12.1 Å². The summed E-state index contributed by atoms with van der Waals surface area (Å²) < 4.78 is 1.65. The molecule has 2 heterocycles. The first-order valence-electron chi connectivity index (χ1n) is 3.86. The normalized spacial score (nSPS) is 10.4. The Labute approximate surface area is 84.6 Å². The second-order valence-electron chi connectivity index (χ2n) is 2.53. The SMILES string of the molecule is Cn1ncnc1Sc1nccc(N)n1. The number of hydrogen-bond acceptors (Lipinski definition) is 6. The third kappa shape index (κ3) is 1.82. The summed E-state index contributed by atoms with van der Waals surface area (Å²) in [5.74, 6) is 0.449. The van der Waals surface area contributed by atoms with Gasteiger partial charge >= 0.3 is 0 Å². The number of hydrogen-bond donors (Lipinski definition) is 1. The van der Waals surface area contributed by atoms with Crippen molar-refractivity contribution in [2.75, 3.05) is 5.73 Å². The van der Waals surface area contributed by atoms with Crippen molar-refractivity contribution in [1.82, 2.24) is 24.7 Å². The van der Waals surface area contributed by atoms with E-state index in [1.807, 2.05) is 7.05 Å². The van der Waals surface area contributed by atoms with E-state index < -0.39 is 0 Å². The number of aromatic nitrogens is 5. The summed E-state index contributed by atoms with van der Waals surface area (Å²) in [6.45, 7) is 0. The van der Waals surface area contributed by atoms with E-state index in [0.29, 0.717) is 11.0 Å². The number of rotatable bonds is 2. The molecule has 14 heavy (non-hydrogen) atoms. The highest BCUT2D eigenvalue weighted by atomic mass is 32.2. The van der Waals surface area contributed by atoms with E-state index in [1.165, 1.54) is 18.1 Å². The van der Waals surface area contributed by atoms with E-state index in [9.17, 15) is 0 Å². The molecule has 0 aromatic carbocycles. The van der Waals surface area contributed by atoms with E-state index in [4.69, 9.17) is 5.73 Å². The standard InChI is InChI=1S/C7H8N6S/c1-13-7(10-4-11-13)14-6-9-3-2-5(8)12-6/h2-4H,1H3,(H2,8,9,12). The van der Waals surface area contributed by atoms with Gasteiger partial charge in [0.2, 0.25) is 0 Å². The zero-order valence-corrected chi connectivity index (χ0v) is 8.27. The largest absolute Gasteiger partial charge is 0.384 e. The quantitative estimate of drug-likeness (QED) is 0.716. The van der Waals surface area contributed by atoms with Crippen molar-refractivity contribution in [3.63, 3.8) is 0 Å². The van der Waals surface area contributed by atoms with Crippen LogP contribution in [0.2, 0.25) is 0 Å². The summed E-state index contributed by atoms with van der Waals surface area (Å²) >= 11 is 1.32. The Morgan fingerprint density at radius 2 is 2.29 bits per heavy atom. The van der Waals surface area contributed by atoms with Crippen LogP contribution in [0.15, 0.2) is 28.9 Å². The van der Waals surface area contributed by atoms with Crippen molar-refractivity contribution < 1.29 is 0 Å². The average Bonchev–Trinajstić information content (AvgIpc) is 2.52. The fraction of sp³-hybridized carbons (Fsp3) is 0.143. The molecule has 0 saturated heterocycles. The van der Waals surface area contributed by atoms with Gasteiger partial charge in [-0.25, -0.2) is 19.6 Å². The van der Waals surface area contributed by atoms with Gasteiger partial charge in [-0.05, 0) is 17.8 Å². The lowest BCUT2D eigenvalue weighted by Gasteiger charge is -1.98. The summed E-state index contributed by atoms with van der Waals surface area (Å²) in [7, 11) is 1.81. The molecule has 0 saturated carbocycles. The molecule has 0 aliphatic rings. The summed E-state index contributed by atoms with van der Waals surface area (Å²) in [5.41, 5.74) is 5.52. The molecule has 2 aromatic rings. The first-order valence-corrected chi connectivity index (χ1v) is 4.68. The van der Waals surface area contributed by atoms with Gasteiger partial charge in [-0.2, -0.15) is 5.10 Å². The van der Waals surface area contributed by atoms with Gasteiger partial charge in [0.25, 0.3) is 0 Å². The molecule has 72 valence electrons. The van der Waals surface area contributed by atoms with Crippen molar-refractivity contribution in [3.05, 3.63) is 18.6 Å². The van der Waals surface area contributed by atoms with E-state index in [2.05, 4.69) is 20.1 Å². The fourth-order valence-electron chi connectivity index (χ4n) is 0.863. The lowest BCUT2D eigenvalue weighted by atomic mass is 10.6. The molecule has 0 bridgehead atoms. The molecule has 0 aliphatic carbocycles. The first kappa shape index (κ1) is 8.95. The van der Waals surface area contributed by atoms with Crippen LogP contribution in [0, 0.1) is 0 Å². The van der Waals surface area contributed by atoms with Crippen LogP contribution in [0.3, 0.4) is 0 Å². The van der Waals surface area contributed by atoms with Crippen LogP contribution in [0.1, 0.15) is 0 Å². The van der Waals surface area contributed by atoms with Gasteiger partial charge in [0.05, 0.1) is 0 Å². The molecule has 0 aliphatic heterocycles. The lowest BCUT2D eigenvalue weighted by molar-refractivity contribution is 0.683. The number of nitrogens with zero attached hydrogens (tertiary/aromatic N) is 5. The van der Waals surface area contributed by atoms with E-state index in [1.54, 1.807) is 16.9 Å². The third-order valence-corrected chi connectivity index (χ3v) is 2.44. The minimum absolute atomic E-state index is 0.449. The van der Waals surface area contributed by atoms with Crippen molar-refractivity contribution in [3.8, 4) is 0 Å². The maximum absolute atomic E-state index is 5.52. The van der Waals surface area contributed by atoms with Crippen LogP contribution in [0.25, 0.3) is 0 Å². The maximum atomic E-state index is 5.52.